The molecule has 0 heterocycles. The zero-order chi connectivity index (χ0) is 12.1. The first-order valence-corrected chi connectivity index (χ1v) is 5.66. The van der Waals surface area contributed by atoms with Crippen LogP contribution in [0.5, 0.6) is 0 Å². The average Bonchev–Trinajstić information content (AvgIpc) is 2.27. The van der Waals surface area contributed by atoms with Crippen molar-refractivity contribution in [2.24, 2.45) is 11.8 Å². The Balaban J connectivity index is 2.95. The molecular weight excluding hydrogens is 208 g/mol. The largest absolute Gasteiger partial charge is 0.512 e. The molecule has 1 aliphatic carbocycles. The van der Waals surface area contributed by atoms with E-state index < -0.39 is 5.97 Å². The molecule has 4 nitrogen and oxygen atoms in total. The molecule has 4 heteroatoms. The fourth-order valence-electron chi connectivity index (χ4n) is 2.08. The first-order valence-electron chi connectivity index (χ1n) is 5.66. The van der Waals surface area contributed by atoms with Crippen LogP contribution in [-0.4, -0.2) is 24.0 Å². The number of allylic oxidation sites excluding steroid dienone is 1. The van der Waals surface area contributed by atoms with E-state index in [2.05, 4.69) is 0 Å². The SMILES string of the molecule is CCOC(=O)C1=C(O)CCCC1[C@@H](C)C=O. The number of hydrogen-bond acceptors (Lipinski definition) is 4. The zero-order valence-electron chi connectivity index (χ0n) is 9.73. The number of esters is 1. The van der Waals surface area contributed by atoms with Crippen molar-refractivity contribution in [3.8, 4) is 0 Å². The number of carbonyl (C=O) groups is 2. The van der Waals surface area contributed by atoms with E-state index in [1.165, 1.54) is 0 Å². The number of rotatable bonds is 4. The first kappa shape index (κ1) is 12.7. The van der Waals surface area contributed by atoms with Crippen LogP contribution in [0.2, 0.25) is 0 Å². The molecule has 16 heavy (non-hydrogen) atoms. The van der Waals surface area contributed by atoms with Crippen LogP contribution in [0, 0.1) is 11.8 Å². The lowest BCUT2D eigenvalue weighted by Crippen LogP contribution is -2.26. The number of aldehydes is 1. The molecule has 1 aliphatic rings. The Morgan fingerprint density at radius 3 is 2.94 bits per heavy atom. The summed E-state index contributed by atoms with van der Waals surface area (Å²) in [7, 11) is 0. The van der Waals surface area contributed by atoms with Gasteiger partial charge in [-0.25, -0.2) is 4.79 Å². The standard InChI is InChI=1S/C12H18O4/c1-3-16-12(15)11-9(8(2)7-13)5-4-6-10(11)14/h7-9,14H,3-6H2,1-2H3/t8-,9?/m0/s1. The van der Waals surface area contributed by atoms with Crippen molar-refractivity contribution in [1.82, 2.24) is 0 Å². The van der Waals surface area contributed by atoms with E-state index >= 15 is 0 Å². The van der Waals surface area contributed by atoms with Crippen LogP contribution >= 0.6 is 0 Å². The molecule has 0 radical (unpaired) electrons. The van der Waals surface area contributed by atoms with Crippen LogP contribution < -0.4 is 0 Å². The van der Waals surface area contributed by atoms with E-state index in [-0.39, 0.29) is 24.2 Å². The second-order valence-electron chi connectivity index (χ2n) is 4.07. The Morgan fingerprint density at radius 1 is 1.69 bits per heavy atom. The average molecular weight is 226 g/mol. The topological polar surface area (TPSA) is 63.6 Å². The molecule has 2 atom stereocenters. The summed E-state index contributed by atoms with van der Waals surface area (Å²) in [6.07, 6.45) is 2.87. The van der Waals surface area contributed by atoms with Gasteiger partial charge in [0.25, 0.3) is 0 Å². The third-order valence-corrected chi connectivity index (χ3v) is 2.96. The van der Waals surface area contributed by atoms with Crippen LogP contribution in [0.15, 0.2) is 11.3 Å². The summed E-state index contributed by atoms with van der Waals surface area (Å²) in [6, 6.07) is 0. The number of carbonyl (C=O) groups excluding carboxylic acids is 2. The van der Waals surface area contributed by atoms with Gasteiger partial charge in [-0.05, 0) is 19.8 Å². The number of aliphatic hydroxyl groups excluding tert-OH is 1. The molecule has 1 N–H and O–H groups in total. The lowest BCUT2D eigenvalue weighted by Gasteiger charge is -2.26. The molecule has 1 unspecified atom stereocenters. The van der Waals surface area contributed by atoms with Crippen molar-refractivity contribution in [3.05, 3.63) is 11.3 Å². The number of ether oxygens (including phenoxy) is 1. The van der Waals surface area contributed by atoms with Gasteiger partial charge >= 0.3 is 5.97 Å². The van der Waals surface area contributed by atoms with E-state index in [0.717, 1.165) is 19.1 Å². The Morgan fingerprint density at radius 2 is 2.38 bits per heavy atom. The Labute approximate surface area is 95.3 Å². The quantitative estimate of drug-likeness (QED) is 0.588. The van der Waals surface area contributed by atoms with Gasteiger partial charge in [0.05, 0.1) is 12.2 Å². The number of aliphatic hydroxyl groups is 1. The van der Waals surface area contributed by atoms with Gasteiger partial charge in [-0.1, -0.05) is 6.92 Å². The molecule has 90 valence electrons. The third kappa shape index (κ3) is 2.62. The minimum absolute atomic E-state index is 0.0865. The molecule has 0 aromatic carbocycles. The van der Waals surface area contributed by atoms with Crippen LogP contribution in [0.1, 0.15) is 33.1 Å². The van der Waals surface area contributed by atoms with Gasteiger partial charge in [0, 0.05) is 18.3 Å². The number of hydrogen-bond donors (Lipinski definition) is 1. The smallest absolute Gasteiger partial charge is 0.337 e. The highest BCUT2D eigenvalue weighted by molar-refractivity contribution is 5.90. The van der Waals surface area contributed by atoms with Crippen molar-refractivity contribution >= 4 is 12.3 Å². The first-order chi connectivity index (χ1) is 7.61. The van der Waals surface area contributed by atoms with Gasteiger partial charge in [0.1, 0.15) is 12.0 Å². The fraction of sp³-hybridized carbons (Fsp3) is 0.667. The Hall–Kier alpha value is -1.32. The minimum atomic E-state index is -0.488. The maximum Gasteiger partial charge on any atom is 0.337 e. The van der Waals surface area contributed by atoms with Gasteiger partial charge in [0.2, 0.25) is 0 Å². The van der Waals surface area contributed by atoms with Crippen LogP contribution in [-0.2, 0) is 14.3 Å². The van der Waals surface area contributed by atoms with Crippen molar-refractivity contribution in [1.29, 1.82) is 0 Å². The normalized spacial score (nSPS) is 22.8. The van der Waals surface area contributed by atoms with Crippen molar-refractivity contribution in [2.45, 2.75) is 33.1 Å². The molecule has 0 aromatic rings. The van der Waals surface area contributed by atoms with Gasteiger partial charge in [-0.2, -0.15) is 0 Å². The molecule has 0 saturated carbocycles. The summed E-state index contributed by atoms with van der Waals surface area (Å²) >= 11 is 0. The molecule has 0 aromatic heterocycles. The van der Waals surface area contributed by atoms with E-state index in [1.54, 1.807) is 13.8 Å². The van der Waals surface area contributed by atoms with Crippen LogP contribution in [0.25, 0.3) is 0 Å². The summed E-state index contributed by atoms with van der Waals surface area (Å²) in [4.78, 5) is 22.5. The highest BCUT2D eigenvalue weighted by atomic mass is 16.5. The lowest BCUT2D eigenvalue weighted by atomic mass is 9.79. The van der Waals surface area contributed by atoms with Gasteiger partial charge in [0.15, 0.2) is 0 Å². The monoisotopic (exact) mass is 226 g/mol. The van der Waals surface area contributed by atoms with Crippen molar-refractivity contribution < 1.29 is 19.4 Å². The van der Waals surface area contributed by atoms with E-state index in [9.17, 15) is 14.7 Å². The molecule has 0 saturated heterocycles. The van der Waals surface area contributed by atoms with Gasteiger partial charge in [-0.15, -0.1) is 0 Å². The Bertz CT molecular complexity index is 306. The molecule has 0 fully saturated rings. The predicted molar refractivity (Wildman–Crippen MR) is 58.9 cm³/mol. The molecule has 1 rings (SSSR count). The third-order valence-electron chi connectivity index (χ3n) is 2.96. The molecular formula is C12H18O4. The summed E-state index contributed by atoms with van der Waals surface area (Å²) < 4.78 is 4.90. The van der Waals surface area contributed by atoms with Gasteiger partial charge in [-0.3, -0.25) is 0 Å². The van der Waals surface area contributed by atoms with Crippen LogP contribution in [0.4, 0.5) is 0 Å². The Kier molecular flexibility index (Phi) is 4.52. The zero-order valence-corrected chi connectivity index (χ0v) is 9.73. The second-order valence-corrected chi connectivity index (χ2v) is 4.07. The highest BCUT2D eigenvalue weighted by Crippen LogP contribution is 2.34. The summed E-state index contributed by atoms with van der Waals surface area (Å²) in [5, 5.41) is 9.74. The van der Waals surface area contributed by atoms with Crippen molar-refractivity contribution in [3.63, 3.8) is 0 Å². The molecule has 0 spiro atoms. The summed E-state index contributed by atoms with van der Waals surface area (Å²) in [5.41, 5.74) is 0.299. The van der Waals surface area contributed by atoms with E-state index in [1.807, 2.05) is 0 Å². The van der Waals surface area contributed by atoms with E-state index in [0.29, 0.717) is 12.0 Å². The highest BCUT2D eigenvalue weighted by Gasteiger charge is 2.32. The maximum atomic E-state index is 11.7. The lowest BCUT2D eigenvalue weighted by molar-refractivity contribution is -0.139. The molecule has 0 amide bonds. The predicted octanol–water partition coefficient (Wildman–Crippen LogP) is 2.00. The molecule has 0 bridgehead atoms. The summed E-state index contributed by atoms with van der Waals surface area (Å²) in [6.45, 7) is 3.75. The van der Waals surface area contributed by atoms with E-state index in [4.69, 9.17) is 4.74 Å². The van der Waals surface area contributed by atoms with Gasteiger partial charge < -0.3 is 14.6 Å². The minimum Gasteiger partial charge on any atom is -0.512 e. The summed E-state index contributed by atoms with van der Waals surface area (Å²) in [5.74, 6) is -0.867. The second kappa shape index (κ2) is 5.68. The molecule has 0 aliphatic heterocycles. The maximum absolute atomic E-state index is 11.7. The van der Waals surface area contributed by atoms with Crippen molar-refractivity contribution in [2.75, 3.05) is 6.61 Å². The fourth-order valence-corrected chi connectivity index (χ4v) is 2.08. The van der Waals surface area contributed by atoms with Crippen LogP contribution in [0.3, 0.4) is 0 Å².